The highest BCUT2D eigenvalue weighted by Crippen LogP contribution is 2.60. The van der Waals surface area contributed by atoms with Crippen molar-refractivity contribution in [3.05, 3.63) is 58.3 Å². The van der Waals surface area contributed by atoms with E-state index in [1.807, 2.05) is 34.9 Å². The summed E-state index contributed by atoms with van der Waals surface area (Å²) in [6.07, 6.45) is 6.83. The van der Waals surface area contributed by atoms with Gasteiger partial charge < -0.3 is 10.6 Å². The van der Waals surface area contributed by atoms with Crippen LogP contribution in [-0.4, -0.2) is 37.3 Å². The quantitative estimate of drug-likeness (QED) is 0.210. The molecule has 2 amide bonds. The van der Waals surface area contributed by atoms with Crippen LogP contribution in [0.1, 0.15) is 44.3 Å². The number of benzene rings is 2. The first kappa shape index (κ1) is 27.2. The number of nitrogens with one attached hydrogen (secondary N) is 2. The molecule has 2 heterocycles. The number of rotatable bonds is 8. The summed E-state index contributed by atoms with van der Waals surface area (Å²) in [5.74, 6) is 2.65. The highest BCUT2D eigenvalue weighted by atomic mass is 35.5. The van der Waals surface area contributed by atoms with Gasteiger partial charge in [-0.25, -0.2) is 4.98 Å². The summed E-state index contributed by atoms with van der Waals surface area (Å²) in [5.41, 5.74) is 1.30. The minimum Gasteiger partial charge on any atom is -0.348 e. The van der Waals surface area contributed by atoms with Crippen molar-refractivity contribution in [2.75, 3.05) is 11.1 Å². The van der Waals surface area contributed by atoms with Gasteiger partial charge in [-0.05, 0) is 86.6 Å². The maximum atomic E-state index is 13.6. The first-order valence-corrected chi connectivity index (χ1v) is 16.4. The topological polar surface area (TPSA) is 102 Å². The molecule has 0 unspecified atom stereocenters. The SMILES string of the molecule is O=C(CSc1nnc(CNC(=O)C23CC4CC(CC(C4)C2)C3)n1-c1ccc(Cl)c(Cl)c1)Nc1nc2ccccc2s1. The fraction of sp³-hybridized carbons (Fsp3) is 0.414. The van der Waals surface area contributed by atoms with Crippen LogP contribution in [0.4, 0.5) is 5.13 Å². The Hall–Kier alpha value is -2.66. The first-order chi connectivity index (χ1) is 19.8. The maximum absolute atomic E-state index is 13.6. The second kappa shape index (κ2) is 10.9. The van der Waals surface area contributed by atoms with Crippen LogP contribution in [-0.2, 0) is 16.1 Å². The van der Waals surface area contributed by atoms with E-state index in [0.717, 1.165) is 29.5 Å². The number of thiazole rings is 1. The molecule has 4 fully saturated rings. The van der Waals surface area contributed by atoms with Crippen LogP contribution in [0.15, 0.2) is 47.6 Å². The van der Waals surface area contributed by atoms with E-state index < -0.39 is 0 Å². The molecule has 2 aromatic heterocycles. The van der Waals surface area contributed by atoms with Crippen molar-refractivity contribution in [2.45, 2.75) is 50.2 Å². The Labute approximate surface area is 255 Å². The van der Waals surface area contributed by atoms with Crippen molar-refractivity contribution in [1.82, 2.24) is 25.1 Å². The van der Waals surface area contributed by atoms with Crippen LogP contribution in [0.3, 0.4) is 0 Å². The van der Waals surface area contributed by atoms with Crippen molar-refractivity contribution in [3.8, 4) is 5.69 Å². The Kier molecular flexibility index (Phi) is 7.21. The molecule has 2 N–H and O–H groups in total. The number of amides is 2. The van der Waals surface area contributed by atoms with E-state index in [9.17, 15) is 9.59 Å². The van der Waals surface area contributed by atoms with Crippen molar-refractivity contribution in [2.24, 2.45) is 23.2 Å². The van der Waals surface area contributed by atoms with E-state index in [1.165, 1.54) is 42.4 Å². The lowest BCUT2D eigenvalue weighted by Crippen LogP contribution is -2.53. The number of hydrogen-bond acceptors (Lipinski definition) is 7. The fourth-order valence-electron chi connectivity index (χ4n) is 7.34. The molecule has 0 aliphatic heterocycles. The average Bonchev–Trinajstić information content (AvgIpc) is 3.54. The summed E-state index contributed by atoms with van der Waals surface area (Å²) < 4.78 is 2.84. The third-order valence-electron chi connectivity index (χ3n) is 8.66. The maximum Gasteiger partial charge on any atom is 0.236 e. The van der Waals surface area contributed by atoms with Crippen LogP contribution < -0.4 is 10.6 Å². The minimum absolute atomic E-state index is 0.106. The molecule has 4 aliphatic rings. The van der Waals surface area contributed by atoms with Gasteiger partial charge in [0.15, 0.2) is 16.1 Å². The Morgan fingerprint density at radius 2 is 1.73 bits per heavy atom. The molecule has 2 aromatic carbocycles. The standard InChI is InChI=1S/C29H28Cl2N6O2S2/c30-20-6-5-19(10-21(20)31)37-24(14-32-26(39)29-11-16-7-17(12-29)9-18(8-16)13-29)35-36-28(37)40-15-25(38)34-27-33-22-3-1-2-4-23(22)41-27/h1-6,10,16-18H,7-9,11-15H2,(H,32,39)(H,33,34,38). The molecule has 0 radical (unpaired) electrons. The highest BCUT2D eigenvalue weighted by molar-refractivity contribution is 7.99. The minimum atomic E-state index is -0.251. The summed E-state index contributed by atoms with van der Waals surface area (Å²) in [4.78, 5) is 30.9. The Morgan fingerprint density at radius 1 is 1.00 bits per heavy atom. The summed E-state index contributed by atoms with van der Waals surface area (Å²) in [6, 6.07) is 13.0. The third kappa shape index (κ3) is 5.35. The molecule has 212 valence electrons. The fourth-order valence-corrected chi connectivity index (χ4v) is 9.28. The van der Waals surface area contributed by atoms with E-state index in [2.05, 4.69) is 25.8 Å². The number of para-hydroxylation sites is 1. The molecule has 0 saturated heterocycles. The van der Waals surface area contributed by atoms with Gasteiger partial charge in [0, 0.05) is 5.41 Å². The lowest BCUT2D eigenvalue weighted by atomic mass is 9.49. The van der Waals surface area contributed by atoms with E-state index in [4.69, 9.17) is 23.2 Å². The van der Waals surface area contributed by atoms with E-state index in [1.54, 1.807) is 12.1 Å². The number of nitrogens with zero attached hydrogens (tertiary/aromatic N) is 4. The lowest BCUT2D eigenvalue weighted by molar-refractivity contribution is -0.146. The number of carbonyl (C=O) groups excluding carboxylic acids is 2. The van der Waals surface area contributed by atoms with Crippen LogP contribution >= 0.6 is 46.3 Å². The smallest absolute Gasteiger partial charge is 0.236 e. The summed E-state index contributed by atoms with van der Waals surface area (Å²) in [7, 11) is 0. The van der Waals surface area contributed by atoms with Gasteiger partial charge in [0.2, 0.25) is 11.8 Å². The van der Waals surface area contributed by atoms with Gasteiger partial charge in [0.05, 0.1) is 38.2 Å². The molecule has 4 aliphatic carbocycles. The van der Waals surface area contributed by atoms with Gasteiger partial charge in [-0.15, -0.1) is 10.2 Å². The number of halogens is 2. The molecule has 8 rings (SSSR count). The van der Waals surface area contributed by atoms with Gasteiger partial charge in [-0.3, -0.25) is 14.2 Å². The molecule has 0 atom stereocenters. The first-order valence-electron chi connectivity index (χ1n) is 13.8. The monoisotopic (exact) mass is 626 g/mol. The van der Waals surface area contributed by atoms with E-state index >= 15 is 0 Å². The number of hydrogen-bond donors (Lipinski definition) is 2. The number of anilines is 1. The van der Waals surface area contributed by atoms with Crippen molar-refractivity contribution < 1.29 is 9.59 Å². The largest absolute Gasteiger partial charge is 0.348 e. The zero-order valence-corrected chi connectivity index (χ0v) is 25.3. The van der Waals surface area contributed by atoms with Gasteiger partial charge in [-0.1, -0.05) is 58.4 Å². The second-order valence-corrected chi connectivity index (χ2v) is 14.3. The Balaban J connectivity index is 1.08. The van der Waals surface area contributed by atoms with E-state index in [0.29, 0.717) is 49.6 Å². The highest BCUT2D eigenvalue weighted by Gasteiger charge is 2.54. The molecule has 0 spiro atoms. The van der Waals surface area contributed by atoms with Crippen molar-refractivity contribution in [1.29, 1.82) is 0 Å². The summed E-state index contributed by atoms with van der Waals surface area (Å²) in [5, 5.41) is 16.8. The number of aromatic nitrogens is 4. The zero-order valence-electron chi connectivity index (χ0n) is 22.1. The number of fused-ring (bicyclic) bond motifs is 1. The van der Waals surface area contributed by atoms with Crippen LogP contribution in [0.25, 0.3) is 15.9 Å². The molecular formula is C29H28Cl2N6O2S2. The van der Waals surface area contributed by atoms with Crippen LogP contribution in [0.5, 0.6) is 0 Å². The van der Waals surface area contributed by atoms with Gasteiger partial charge in [-0.2, -0.15) is 0 Å². The second-order valence-electron chi connectivity index (χ2n) is 11.5. The molecular weight excluding hydrogens is 599 g/mol. The lowest BCUT2D eigenvalue weighted by Gasteiger charge is -2.55. The third-order valence-corrected chi connectivity index (χ3v) is 11.3. The number of thioether (sulfide) groups is 1. The molecule has 4 bridgehead atoms. The zero-order chi connectivity index (χ0) is 28.1. The predicted octanol–water partition coefficient (Wildman–Crippen LogP) is 6.75. The summed E-state index contributed by atoms with van der Waals surface area (Å²) in [6.45, 7) is 0.228. The Bertz CT molecular complexity index is 1580. The molecule has 12 heteroatoms. The van der Waals surface area contributed by atoms with Gasteiger partial charge in [0.1, 0.15) is 0 Å². The molecule has 4 saturated carbocycles. The van der Waals surface area contributed by atoms with E-state index in [-0.39, 0.29) is 29.5 Å². The average molecular weight is 628 g/mol. The van der Waals surface area contributed by atoms with Crippen molar-refractivity contribution in [3.63, 3.8) is 0 Å². The number of carbonyl (C=O) groups is 2. The summed E-state index contributed by atoms with van der Waals surface area (Å²) >= 11 is 15.2. The van der Waals surface area contributed by atoms with Crippen LogP contribution in [0.2, 0.25) is 10.0 Å². The van der Waals surface area contributed by atoms with Crippen LogP contribution in [0, 0.1) is 23.2 Å². The predicted molar refractivity (Wildman–Crippen MR) is 163 cm³/mol. The molecule has 41 heavy (non-hydrogen) atoms. The van der Waals surface area contributed by atoms with Gasteiger partial charge in [0.25, 0.3) is 0 Å². The van der Waals surface area contributed by atoms with Gasteiger partial charge >= 0.3 is 0 Å². The Morgan fingerprint density at radius 3 is 2.44 bits per heavy atom. The molecule has 8 nitrogen and oxygen atoms in total. The molecule has 4 aromatic rings. The normalized spacial score (nSPS) is 24.6. The van der Waals surface area contributed by atoms with Crippen molar-refractivity contribution >= 4 is 73.5 Å².